The first-order valence-corrected chi connectivity index (χ1v) is 28.0. The lowest BCUT2D eigenvalue weighted by Crippen LogP contribution is -2.61. The molecule has 1 heterocycles. The van der Waals surface area contributed by atoms with Gasteiger partial charge in [-0.1, -0.05) is 238 Å². The van der Waals surface area contributed by atoms with E-state index in [0.717, 1.165) is 38.5 Å². The number of nitrogens with one attached hydrogen (secondary N) is 1. The number of amides is 1. The van der Waals surface area contributed by atoms with Gasteiger partial charge in [-0.15, -0.1) is 0 Å². The van der Waals surface area contributed by atoms with Gasteiger partial charge in [-0.25, -0.2) is 4.18 Å². The summed E-state index contributed by atoms with van der Waals surface area (Å²) in [5, 5.41) is 55.4. The summed E-state index contributed by atoms with van der Waals surface area (Å²) < 4.78 is 47.6. The van der Waals surface area contributed by atoms with Gasteiger partial charge >= 0.3 is 10.4 Å². The molecule has 1 saturated heterocycles. The number of aliphatic hydroxyl groups excluding tert-OH is 5. The number of allylic oxidation sites excluding steroid dienone is 1. The molecule has 0 radical (unpaired) electrons. The van der Waals surface area contributed by atoms with Crippen molar-refractivity contribution < 1.29 is 57.0 Å². The van der Waals surface area contributed by atoms with Crippen molar-refractivity contribution in [1.82, 2.24) is 5.32 Å². The maximum Gasteiger partial charge on any atom is 0.397 e. The number of aliphatic hydroxyl groups is 5. The minimum atomic E-state index is -5.12. The van der Waals surface area contributed by atoms with Crippen LogP contribution >= 0.6 is 0 Å². The van der Waals surface area contributed by atoms with E-state index in [2.05, 4.69) is 23.3 Å². The lowest BCUT2D eigenvalue weighted by atomic mass is 9.99. The largest absolute Gasteiger partial charge is 0.397 e. The predicted molar refractivity (Wildman–Crippen MR) is 261 cm³/mol. The van der Waals surface area contributed by atoms with Gasteiger partial charge in [0.25, 0.3) is 0 Å². The summed E-state index contributed by atoms with van der Waals surface area (Å²) in [6, 6.07) is -1.11. The number of carbonyl (C=O) groups excluding carboxylic acids is 1. The Morgan fingerprint density at radius 1 is 0.615 bits per heavy atom. The molecule has 386 valence electrons. The van der Waals surface area contributed by atoms with Crippen molar-refractivity contribution in [1.29, 1.82) is 0 Å². The van der Waals surface area contributed by atoms with Crippen molar-refractivity contribution >= 4 is 16.3 Å². The standard InChI is InChI=1S/C51H99NO12S/c1-3-5-7-9-11-13-15-17-19-21-22-23-24-26-28-30-32-34-36-38-40-45(55)50(58)52-43(42-62-51-48(57)49(64-65(59,60)61)47(56)46(41-53)63-51)44(54)39-37-35-33-31-29-27-25-20-18-16-14-12-10-8-6-4-2/h37,39,43-49,51,53-57H,3-36,38,40-42H2,1-2H3,(H,52,58)(H,59,60,61)/b39-37+. The molecule has 13 nitrogen and oxygen atoms in total. The minimum Gasteiger partial charge on any atom is -0.394 e. The average molecular weight is 950 g/mol. The van der Waals surface area contributed by atoms with Crippen LogP contribution in [0.15, 0.2) is 12.2 Å². The topological polar surface area (TPSA) is 212 Å². The summed E-state index contributed by atoms with van der Waals surface area (Å²) in [6.07, 6.45) is 35.7. The highest BCUT2D eigenvalue weighted by Gasteiger charge is 2.48. The van der Waals surface area contributed by atoms with Crippen molar-refractivity contribution in [2.75, 3.05) is 13.2 Å². The van der Waals surface area contributed by atoms with E-state index in [1.165, 1.54) is 173 Å². The van der Waals surface area contributed by atoms with Gasteiger partial charge in [0, 0.05) is 0 Å². The summed E-state index contributed by atoms with van der Waals surface area (Å²) in [7, 11) is -5.12. The van der Waals surface area contributed by atoms with Gasteiger partial charge in [0.2, 0.25) is 5.91 Å². The van der Waals surface area contributed by atoms with Crippen molar-refractivity contribution in [2.24, 2.45) is 0 Å². The molecule has 14 heteroatoms. The lowest BCUT2D eigenvalue weighted by Gasteiger charge is -2.41. The van der Waals surface area contributed by atoms with Crippen LogP contribution in [0.1, 0.15) is 245 Å². The second-order valence-electron chi connectivity index (χ2n) is 19.0. The lowest BCUT2D eigenvalue weighted by molar-refractivity contribution is -0.298. The molecule has 8 atom stereocenters. The fourth-order valence-electron chi connectivity index (χ4n) is 8.70. The third kappa shape index (κ3) is 33.9. The highest BCUT2D eigenvalue weighted by Crippen LogP contribution is 2.26. The minimum absolute atomic E-state index is 0.249. The number of hydrogen-bond acceptors (Lipinski definition) is 11. The van der Waals surface area contributed by atoms with Crippen LogP contribution in [0.3, 0.4) is 0 Å². The molecule has 1 amide bonds. The molecule has 0 aromatic carbocycles. The SMILES string of the molecule is CCCCCCCCCCCCCCCC/C=C/C(O)C(COC1OC(CO)C(O)C(OS(=O)(=O)O)C1O)NC(=O)C(O)CCCCCCCCCCCCCCCCCCCCCC. The van der Waals surface area contributed by atoms with Crippen LogP contribution in [0.2, 0.25) is 0 Å². The number of hydrogen-bond donors (Lipinski definition) is 7. The molecule has 1 aliphatic rings. The van der Waals surface area contributed by atoms with Gasteiger partial charge in [-0.05, 0) is 19.3 Å². The van der Waals surface area contributed by atoms with Crippen LogP contribution in [-0.2, 0) is 28.9 Å². The van der Waals surface area contributed by atoms with E-state index in [0.29, 0.717) is 12.8 Å². The van der Waals surface area contributed by atoms with Crippen LogP contribution in [0.5, 0.6) is 0 Å². The monoisotopic (exact) mass is 950 g/mol. The second kappa shape index (κ2) is 41.7. The van der Waals surface area contributed by atoms with E-state index in [1.807, 2.05) is 6.08 Å². The molecule has 0 aromatic rings. The molecule has 7 N–H and O–H groups in total. The smallest absolute Gasteiger partial charge is 0.394 e. The Morgan fingerprint density at radius 3 is 1.38 bits per heavy atom. The molecule has 1 rings (SSSR count). The zero-order chi connectivity index (χ0) is 47.8. The summed E-state index contributed by atoms with van der Waals surface area (Å²) in [6.45, 7) is 3.25. The number of rotatable bonds is 46. The van der Waals surface area contributed by atoms with Crippen molar-refractivity contribution in [3.63, 3.8) is 0 Å². The molecular weight excluding hydrogens is 851 g/mol. The van der Waals surface area contributed by atoms with Crippen LogP contribution in [0, 0.1) is 0 Å². The van der Waals surface area contributed by atoms with E-state index in [1.54, 1.807) is 6.08 Å². The maximum absolute atomic E-state index is 13.2. The molecule has 0 saturated carbocycles. The predicted octanol–water partition coefficient (Wildman–Crippen LogP) is 10.5. The van der Waals surface area contributed by atoms with Gasteiger partial charge in [-0.2, -0.15) is 8.42 Å². The van der Waals surface area contributed by atoms with E-state index in [4.69, 9.17) is 9.47 Å². The molecular formula is C51H99NO12S. The summed E-state index contributed by atoms with van der Waals surface area (Å²) in [5.74, 6) is -0.697. The number of ether oxygens (including phenoxy) is 2. The molecule has 8 unspecified atom stereocenters. The summed E-state index contributed by atoms with van der Waals surface area (Å²) >= 11 is 0. The molecule has 1 fully saturated rings. The van der Waals surface area contributed by atoms with Crippen molar-refractivity contribution in [2.45, 2.75) is 294 Å². The van der Waals surface area contributed by atoms with E-state index < -0.39 is 78.5 Å². The Labute approximate surface area is 396 Å². The van der Waals surface area contributed by atoms with E-state index >= 15 is 0 Å². The fourth-order valence-corrected chi connectivity index (χ4v) is 9.21. The van der Waals surface area contributed by atoms with Gasteiger partial charge in [0.05, 0.1) is 25.4 Å². The average Bonchev–Trinajstić information content (AvgIpc) is 3.28. The Balaban J connectivity index is 2.47. The molecule has 1 aliphatic heterocycles. The van der Waals surface area contributed by atoms with E-state index in [9.17, 15) is 43.3 Å². The first kappa shape index (κ1) is 61.8. The van der Waals surface area contributed by atoms with Crippen LogP contribution in [0.25, 0.3) is 0 Å². The van der Waals surface area contributed by atoms with Crippen molar-refractivity contribution in [3.05, 3.63) is 12.2 Å². The fraction of sp³-hybridized carbons (Fsp3) is 0.941. The normalized spacial score (nSPS) is 20.6. The quantitative estimate of drug-likeness (QED) is 0.0173. The maximum atomic E-state index is 13.2. The van der Waals surface area contributed by atoms with Gasteiger partial charge in [0.1, 0.15) is 30.5 Å². The third-order valence-electron chi connectivity index (χ3n) is 12.9. The number of carbonyl (C=O) groups is 1. The highest BCUT2D eigenvalue weighted by atomic mass is 32.3. The van der Waals surface area contributed by atoms with E-state index in [-0.39, 0.29) is 6.42 Å². The van der Waals surface area contributed by atoms with Gasteiger partial charge < -0.3 is 40.3 Å². The zero-order valence-electron chi connectivity index (χ0n) is 41.2. The van der Waals surface area contributed by atoms with Crippen LogP contribution < -0.4 is 5.32 Å². The number of unbranched alkanes of at least 4 members (excludes halogenated alkanes) is 33. The van der Waals surface area contributed by atoms with Crippen molar-refractivity contribution in [3.8, 4) is 0 Å². The second-order valence-corrected chi connectivity index (χ2v) is 20.0. The summed E-state index contributed by atoms with van der Waals surface area (Å²) in [4.78, 5) is 13.2. The molecule has 0 spiro atoms. The third-order valence-corrected chi connectivity index (χ3v) is 13.4. The Kier molecular flexibility index (Phi) is 39.7. The first-order valence-electron chi connectivity index (χ1n) is 26.7. The van der Waals surface area contributed by atoms with Gasteiger partial charge in [0.15, 0.2) is 6.29 Å². The molecule has 0 bridgehead atoms. The first-order chi connectivity index (χ1) is 31.4. The Hall–Kier alpha value is -1.20. The highest BCUT2D eigenvalue weighted by molar-refractivity contribution is 7.80. The van der Waals surface area contributed by atoms with Gasteiger partial charge in [-0.3, -0.25) is 9.35 Å². The Morgan fingerprint density at radius 2 is 1.00 bits per heavy atom. The zero-order valence-corrected chi connectivity index (χ0v) is 42.0. The summed E-state index contributed by atoms with van der Waals surface area (Å²) in [5.41, 5.74) is 0. The molecule has 0 aliphatic carbocycles. The van der Waals surface area contributed by atoms with Crippen LogP contribution in [-0.4, -0.2) is 107 Å². The molecule has 0 aromatic heterocycles. The molecule has 65 heavy (non-hydrogen) atoms. The van der Waals surface area contributed by atoms with Crippen LogP contribution in [0.4, 0.5) is 0 Å². The Bertz CT molecular complexity index is 1230.